The van der Waals surface area contributed by atoms with Gasteiger partial charge in [-0.25, -0.2) is 0 Å². The van der Waals surface area contributed by atoms with Crippen molar-refractivity contribution in [1.29, 1.82) is 0 Å². The van der Waals surface area contributed by atoms with E-state index in [0.717, 1.165) is 0 Å². The highest BCUT2D eigenvalue weighted by molar-refractivity contribution is 7.86. The van der Waals surface area contributed by atoms with Gasteiger partial charge >= 0.3 is 0 Å². The van der Waals surface area contributed by atoms with E-state index in [1.807, 2.05) is 0 Å². The van der Waals surface area contributed by atoms with Gasteiger partial charge in [0.15, 0.2) is 0 Å². The molecule has 0 saturated carbocycles. The van der Waals surface area contributed by atoms with Gasteiger partial charge in [-0.05, 0) is 13.3 Å². The molecule has 5 heteroatoms. The lowest BCUT2D eigenvalue weighted by molar-refractivity contribution is 0.182. The molecule has 0 aliphatic rings. The smallest absolute Gasteiger partial charge is 0.270 e. The Hall–Kier alpha value is -0.130. The quantitative estimate of drug-likeness (QED) is 0.583. The highest BCUT2D eigenvalue weighted by Crippen LogP contribution is 2.07. The monoisotopic (exact) mass is 168 g/mol. The molecule has 2 N–H and O–H groups in total. The van der Waals surface area contributed by atoms with Gasteiger partial charge in [-0.2, -0.15) is 8.42 Å². The van der Waals surface area contributed by atoms with E-state index in [2.05, 4.69) is 0 Å². The van der Waals surface area contributed by atoms with Gasteiger partial charge in [-0.15, -0.1) is 0 Å². The summed E-state index contributed by atoms with van der Waals surface area (Å²) in [5.41, 5.74) is 0. The molecular formula is C5H12O4S. The zero-order chi connectivity index (χ0) is 8.36. The lowest BCUT2D eigenvalue weighted by Gasteiger charge is -2.13. The van der Waals surface area contributed by atoms with Crippen LogP contribution in [0.4, 0.5) is 0 Å². The maximum atomic E-state index is 10.4. The van der Waals surface area contributed by atoms with Crippen LogP contribution in [-0.2, 0) is 10.1 Å². The van der Waals surface area contributed by atoms with Crippen LogP contribution in [0.2, 0.25) is 0 Å². The van der Waals surface area contributed by atoms with Gasteiger partial charge in [-0.3, -0.25) is 4.55 Å². The molecule has 0 rings (SSSR count). The van der Waals surface area contributed by atoms with Gasteiger partial charge in [-0.1, -0.05) is 6.92 Å². The van der Waals surface area contributed by atoms with Gasteiger partial charge in [0.05, 0.1) is 6.10 Å². The van der Waals surface area contributed by atoms with E-state index in [9.17, 15) is 8.42 Å². The van der Waals surface area contributed by atoms with Crippen molar-refractivity contribution in [1.82, 2.24) is 0 Å². The normalized spacial score (nSPS) is 18.4. The van der Waals surface area contributed by atoms with Gasteiger partial charge < -0.3 is 5.11 Å². The summed E-state index contributed by atoms with van der Waals surface area (Å²) in [6, 6.07) is 0. The number of hydrogen-bond donors (Lipinski definition) is 2. The second kappa shape index (κ2) is 3.32. The summed E-state index contributed by atoms with van der Waals surface area (Å²) in [5, 5.41) is 7.76. The topological polar surface area (TPSA) is 74.6 Å². The number of aliphatic hydroxyl groups is 1. The van der Waals surface area contributed by atoms with Crippen molar-refractivity contribution in [3.05, 3.63) is 0 Å². The lowest BCUT2D eigenvalue weighted by Crippen LogP contribution is -2.30. The Bertz CT molecular complexity index is 182. The summed E-state index contributed by atoms with van der Waals surface area (Å²) >= 11 is 0. The Morgan fingerprint density at radius 1 is 1.50 bits per heavy atom. The van der Waals surface area contributed by atoms with Crippen LogP contribution in [0, 0.1) is 0 Å². The first-order chi connectivity index (χ1) is 4.39. The van der Waals surface area contributed by atoms with Crippen molar-refractivity contribution in [2.24, 2.45) is 0 Å². The van der Waals surface area contributed by atoms with Crippen LogP contribution in [0.25, 0.3) is 0 Å². The molecule has 0 amide bonds. The third kappa shape index (κ3) is 2.64. The van der Waals surface area contributed by atoms with E-state index < -0.39 is 21.5 Å². The molecular weight excluding hydrogens is 156 g/mol. The minimum Gasteiger partial charge on any atom is -0.392 e. The minimum absolute atomic E-state index is 0.219. The molecule has 10 heavy (non-hydrogen) atoms. The molecule has 4 nitrogen and oxygen atoms in total. The van der Waals surface area contributed by atoms with Crippen molar-refractivity contribution < 1.29 is 18.1 Å². The summed E-state index contributed by atoms with van der Waals surface area (Å²) in [6.07, 6.45) is -0.795. The molecule has 0 radical (unpaired) electrons. The van der Waals surface area contributed by atoms with Crippen LogP contribution in [0.1, 0.15) is 20.3 Å². The Kier molecular flexibility index (Phi) is 3.27. The molecule has 62 valence electrons. The Morgan fingerprint density at radius 3 is 1.90 bits per heavy atom. The Morgan fingerprint density at radius 2 is 1.90 bits per heavy atom. The molecule has 0 bridgehead atoms. The summed E-state index contributed by atoms with van der Waals surface area (Å²) in [7, 11) is -4.06. The van der Waals surface area contributed by atoms with E-state index >= 15 is 0 Å². The first kappa shape index (κ1) is 9.87. The van der Waals surface area contributed by atoms with Crippen LogP contribution in [-0.4, -0.2) is 29.4 Å². The highest BCUT2D eigenvalue weighted by atomic mass is 32.2. The Labute approximate surface area is 60.6 Å². The molecule has 0 aromatic carbocycles. The molecule has 0 aliphatic carbocycles. The largest absolute Gasteiger partial charge is 0.392 e. The molecule has 2 unspecified atom stereocenters. The SMILES string of the molecule is CCC(C(C)O)S(=O)(=O)O. The van der Waals surface area contributed by atoms with E-state index in [0.29, 0.717) is 0 Å². The van der Waals surface area contributed by atoms with Crippen molar-refractivity contribution in [2.45, 2.75) is 31.6 Å². The zero-order valence-electron chi connectivity index (χ0n) is 5.98. The third-order valence-corrected chi connectivity index (χ3v) is 2.82. The molecule has 2 atom stereocenters. The van der Waals surface area contributed by atoms with Crippen molar-refractivity contribution in [3.8, 4) is 0 Å². The van der Waals surface area contributed by atoms with E-state index in [1.54, 1.807) is 6.92 Å². The summed E-state index contributed by atoms with van der Waals surface area (Å²) in [4.78, 5) is 0. The molecule has 0 aliphatic heterocycles. The van der Waals surface area contributed by atoms with Gasteiger partial charge in [0, 0.05) is 0 Å². The zero-order valence-corrected chi connectivity index (χ0v) is 6.80. The molecule has 0 aromatic heterocycles. The first-order valence-corrected chi connectivity index (χ1v) is 4.54. The van der Waals surface area contributed by atoms with Crippen LogP contribution >= 0.6 is 0 Å². The maximum absolute atomic E-state index is 10.4. The first-order valence-electron chi connectivity index (χ1n) is 3.04. The van der Waals surface area contributed by atoms with E-state index in [4.69, 9.17) is 9.66 Å². The van der Waals surface area contributed by atoms with Crippen LogP contribution in [0.5, 0.6) is 0 Å². The fraction of sp³-hybridized carbons (Fsp3) is 1.00. The predicted octanol–water partition coefficient (Wildman–Crippen LogP) is 0.0336. The Balaban J connectivity index is 4.38. The summed E-state index contributed by atoms with van der Waals surface area (Å²) in [5.74, 6) is 0. The number of aliphatic hydroxyl groups excluding tert-OH is 1. The fourth-order valence-electron chi connectivity index (χ4n) is 0.801. The van der Waals surface area contributed by atoms with Gasteiger partial charge in [0.1, 0.15) is 5.25 Å². The lowest BCUT2D eigenvalue weighted by atomic mass is 10.2. The summed E-state index contributed by atoms with van der Waals surface area (Å²) < 4.78 is 29.3. The standard InChI is InChI=1S/C5H12O4S/c1-3-5(4(2)6)10(7,8)9/h4-6H,3H2,1-2H3,(H,7,8,9). The van der Waals surface area contributed by atoms with Crippen LogP contribution in [0.3, 0.4) is 0 Å². The second-order valence-corrected chi connectivity index (χ2v) is 3.84. The van der Waals surface area contributed by atoms with Crippen LogP contribution in [0.15, 0.2) is 0 Å². The molecule has 0 aromatic rings. The minimum atomic E-state index is -4.06. The van der Waals surface area contributed by atoms with Crippen molar-refractivity contribution in [3.63, 3.8) is 0 Å². The molecule has 0 fully saturated rings. The molecule has 0 saturated heterocycles. The number of rotatable bonds is 3. The maximum Gasteiger partial charge on any atom is 0.270 e. The van der Waals surface area contributed by atoms with Crippen molar-refractivity contribution in [2.75, 3.05) is 0 Å². The molecule has 0 spiro atoms. The van der Waals surface area contributed by atoms with E-state index in [1.165, 1.54) is 6.92 Å². The molecule has 0 heterocycles. The highest BCUT2D eigenvalue weighted by Gasteiger charge is 2.25. The van der Waals surface area contributed by atoms with Gasteiger partial charge in [0.25, 0.3) is 10.1 Å². The number of hydrogen-bond acceptors (Lipinski definition) is 3. The average Bonchev–Trinajstić information content (AvgIpc) is 1.60. The van der Waals surface area contributed by atoms with Gasteiger partial charge in [0.2, 0.25) is 0 Å². The average molecular weight is 168 g/mol. The third-order valence-electron chi connectivity index (χ3n) is 1.32. The van der Waals surface area contributed by atoms with E-state index in [-0.39, 0.29) is 6.42 Å². The van der Waals surface area contributed by atoms with Crippen LogP contribution < -0.4 is 0 Å². The fourth-order valence-corrected chi connectivity index (χ4v) is 1.72. The summed E-state index contributed by atoms with van der Waals surface area (Å²) in [6.45, 7) is 2.92. The second-order valence-electron chi connectivity index (χ2n) is 2.20. The predicted molar refractivity (Wildman–Crippen MR) is 37.3 cm³/mol. The van der Waals surface area contributed by atoms with Crippen molar-refractivity contribution >= 4 is 10.1 Å².